The molecule has 0 atom stereocenters. The molecule has 0 amide bonds. The highest BCUT2D eigenvalue weighted by molar-refractivity contribution is 6.31. The number of nitrogen functional groups attached to an aromatic ring is 1. The van der Waals surface area contributed by atoms with Gasteiger partial charge in [0.25, 0.3) is 5.89 Å². The molecule has 0 bridgehead atoms. The normalized spacial score (nSPS) is 10.8. The summed E-state index contributed by atoms with van der Waals surface area (Å²) in [7, 11) is 0. The van der Waals surface area contributed by atoms with E-state index in [0.717, 1.165) is 12.1 Å². The largest absolute Gasteiger partial charge is 0.399 e. The number of benzene rings is 2. The Morgan fingerprint density at radius 1 is 1.00 bits per heavy atom. The van der Waals surface area contributed by atoms with Crippen LogP contribution >= 0.6 is 11.6 Å². The summed E-state index contributed by atoms with van der Waals surface area (Å²) in [4.78, 5) is 4.12. The van der Waals surface area contributed by atoms with Gasteiger partial charge in [0.2, 0.25) is 5.82 Å². The Kier molecular flexibility index (Phi) is 3.31. The lowest BCUT2D eigenvalue weighted by Crippen LogP contribution is -1.88. The van der Waals surface area contributed by atoms with E-state index < -0.39 is 11.6 Å². The maximum atomic E-state index is 13.2. The second kappa shape index (κ2) is 5.14. The van der Waals surface area contributed by atoms with Crippen LogP contribution in [0.4, 0.5) is 14.5 Å². The first kappa shape index (κ1) is 13.5. The summed E-state index contributed by atoms with van der Waals surface area (Å²) in [6.07, 6.45) is 0. The highest BCUT2D eigenvalue weighted by atomic mass is 35.5. The quantitative estimate of drug-likeness (QED) is 0.729. The first-order valence-electron chi connectivity index (χ1n) is 5.88. The van der Waals surface area contributed by atoms with Crippen LogP contribution in [0.5, 0.6) is 0 Å². The molecule has 21 heavy (non-hydrogen) atoms. The zero-order chi connectivity index (χ0) is 15.0. The summed E-state index contributed by atoms with van der Waals surface area (Å²) in [6.45, 7) is 0. The molecule has 0 radical (unpaired) electrons. The van der Waals surface area contributed by atoms with E-state index in [1.54, 1.807) is 18.2 Å². The number of anilines is 1. The van der Waals surface area contributed by atoms with Gasteiger partial charge < -0.3 is 10.3 Å². The van der Waals surface area contributed by atoms with Gasteiger partial charge in [-0.25, -0.2) is 8.78 Å². The van der Waals surface area contributed by atoms with Crippen molar-refractivity contribution in [2.24, 2.45) is 0 Å². The van der Waals surface area contributed by atoms with Crippen LogP contribution in [-0.2, 0) is 0 Å². The second-order valence-corrected chi connectivity index (χ2v) is 4.76. The van der Waals surface area contributed by atoms with Crippen LogP contribution in [-0.4, -0.2) is 10.1 Å². The summed E-state index contributed by atoms with van der Waals surface area (Å²) in [5, 5.41) is 4.16. The molecular formula is C14H8ClF2N3O. The third-order valence-corrected chi connectivity index (χ3v) is 2.99. The molecule has 2 aromatic carbocycles. The Morgan fingerprint density at radius 3 is 2.52 bits per heavy atom. The monoisotopic (exact) mass is 307 g/mol. The van der Waals surface area contributed by atoms with Crippen LogP contribution in [0.25, 0.3) is 22.8 Å². The highest BCUT2D eigenvalue weighted by Gasteiger charge is 2.13. The van der Waals surface area contributed by atoms with Gasteiger partial charge >= 0.3 is 0 Å². The maximum Gasteiger partial charge on any atom is 0.258 e. The molecule has 4 nitrogen and oxygen atoms in total. The minimum Gasteiger partial charge on any atom is -0.399 e. The zero-order valence-corrected chi connectivity index (χ0v) is 11.2. The van der Waals surface area contributed by atoms with Gasteiger partial charge in [-0.15, -0.1) is 0 Å². The summed E-state index contributed by atoms with van der Waals surface area (Å²) < 4.78 is 31.2. The fourth-order valence-electron chi connectivity index (χ4n) is 1.83. The van der Waals surface area contributed by atoms with Gasteiger partial charge in [0, 0.05) is 21.8 Å². The van der Waals surface area contributed by atoms with Gasteiger partial charge in [-0.05, 0) is 36.4 Å². The molecule has 0 aliphatic carbocycles. The lowest BCUT2D eigenvalue weighted by molar-refractivity contribution is 0.432. The van der Waals surface area contributed by atoms with E-state index in [0.29, 0.717) is 21.8 Å². The molecule has 0 saturated carbocycles. The SMILES string of the molecule is Nc1cc(Cl)cc(-c2nc(-c3ccc(F)c(F)c3)no2)c1. The van der Waals surface area contributed by atoms with Crippen molar-refractivity contribution in [3.8, 4) is 22.8 Å². The molecule has 1 aromatic heterocycles. The Balaban J connectivity index is 2.01. The number of nitrogens with zero attached hydrogens (tertiary/aromatic N) is 2. The van der Waals surface area contributed by atoms with Crippen molar-refractivity contribution in [2.75, 3.05) is 5.73 Å². The number of rotatable bonds is 2. The average Bonchev–Trinajstić information content (AvgIpc) is 2.90. The van der Waals surface area contributed by atoms with Crippen molar-refractivity contribution in [2.45, 2.75) is 0 Å². The van der Waals surface area contributed by atoms with Gasteiger partial charge in [0.1, 0.15) is 0 Å². The van der Waals surface area contributed by atoms with E-state index in [4.69, 9.17) is 21.9 Å². The molecule has 3 rings (SSSR count). The Labute approximate surface area is 123 Å². The predicted molar refractivity (Wildman–Crippen MR) is 74.5 cm³/mol. The molecule has 7 heteroatoms. The molecule has 2 N–H and O–H groups in total. The molecular weight excluding hydrogens is 300 g/mol. The van der Waals surface area contributed by atoms with E-state index in [9.17, 15) is 8.78 Å². The van der Waals surface area contributed by atoms with Gasteiger partial charge in [0.15, 0.2) is 11.6 Å². The highest BCUT2D eigenvalue weighted by Crippen LogP contribution is 2.27. The first-order valence-corrected chi connectivity index (χ1v) is 6.26. The fraction of sp³-hybridized carbons (Fsp3) is 0. The minimum absolute atomic E-state index is 0.141. The Hall–Kier alpha value is -2.47. The Bertz CT molecular complexity index is 799. The summed E-state index contributed by atoms with van der Waals surface area (Å²) in [6, 6.07) is 8.17. The van der Waals surface area contributed by atoms with Crippen LogP contribution in [0.15, 0.2) is 40.9 Å². The van der Waals surface area contributed by atoms with Gasteiger partial charge in [0.05, 0.1) is 0 Å². The number of nitrogens with two attached hydrogens (primary N) is 1. The standard InChI is InChI=1S/C14H8ClF2N3O/c15-9-3-8(4-10(18)6-9)14-19-13(20-21-14)7-1-2-11(16)12(17)5-7/h1-6H,18H2. The van der Waals surface area contributed by atoms with Crippen molar-refractivity contribution >= 4 is 17.3 Å². The molecule has 3 aromatic rings. The maximum absolute atomic E-state index is 13.2. The van der Waals surface area contributed by atoms with E-state index in [-0.39, 0.29) is 11.7 Å². The van der Waals surface area contributed by atoms with Crippen molar-refractivity contribution in [3.05, 3.63) is 53.1 Å². The number of aromatic nitrogens is 2. The van der Waals surface area contributed by atoms with Crippen molar-refractivity contribution in [3.63, 3.8) is 0 Å². The molecule has 106 valence electrons. The van der Waals surface area contributed by atoms with Crippen molar-refractivity contribution in [1.29, 1.82) is 0 Å². The van der Waals surface area contributed by atoms with E-state index in [1.165, 1.54) is 6.07 Å². The third kappa shape index (κ3) is 2.71. The number of hydrogen-bond donors (Lipinski definition) is 1. The molecule has 0 aliphatic heterocycles. The van der Waals surface area contributed by atoms with Gasteiger partial charge in [-0.1, -0.05) is 16.8 Å². The molecule has 1 heterocycles. The molecule has 0 spiro atoms. The van der Waals surface area contributed by atoms with Crippen LogP contribution in [0, 0.1) is 11.6 Å². The smallest absolute Gasteiger partial charge is 0.258 e. The molecule has 0 aliphatic rings. The van der Waals surface area contributed by atoms with Gasteiger partial charge in [-0.2, -0.15) is 4.98 Å². The Morgan fingerprint density at radius 2 is 1.81 bits per heavy atom. The molecule has 0 unspecified atom stereocenters. The van der Waals surface area contributed by atoms with E-state index in [2.05, 4.69) is 10.1 Å². The van der Waals surface area contributed by atoms with E-state index >= 15 is 0 Å². The lowest BCUT2D eigenvalue weighted by atomic mass is 10.2. The number of halogens is 3. The first-order chi connectivity index (χ1) is 10.0. The average molecular weight is 308 g/mol. The second-order valence-electron chi connectivity index (χ2n) is 4.33. The number of hydrogen-bond acceptors (Lipinski definition) is 4. The van der Waals surface area contributed by atoms with Crippen molar-refractivity contribution in [1.82, 2.24) is 10.1 Å². The summed E-state index contributed by atoms with van der Waals surface area (Å²) in [5.41, 5.74) is 6.98. The third-order valence-electron chi connectivity index (χ3n) is 2.77. The lowest BCUT2D eigenvalue weighted by Gasteiger charge is -1.98. The van der Waals surface area contributed by atoms with Crippen LogP contribution < -0.4 is 5.73 Å². The van der Waals surface area contributed by atoms with E-state index in [1.807, 2.05) is 0 Å². The van der Waals surface area contributed by atoms with Gasteiger partial charge in [-0.3, -0.25) is 0 Å². The molecule has 0 fully saturated rings. The summed E-state index contributed by atoms with van der Waals surface area (Å²) in [5.74, 6) is -1.60. The predicted octanol–water partition coefficient (Wildman–Crippen LogP) is 3.92. The fourth-order valence-corrected chi connectivity index (χ4v) is 2.07. The summed E-state index contributed by atoms with van der Waals surface area (Å²) >= 11 is 5.90. The minimum atomic E-state index is -0.981. The van der Waals surface area contributed by atoms with Crippen LogP contribution in [0.3, 0.4) is 0 Å². The molecule has 0 saturated heterocycles. The zero-order valence-electron chi connectivity index (χ0n) is 10.5. The van der Waals surface area contributed by atoms with Crippen molar-refractivity contribution < 1.29 is 13.3 Å². The van der Waals surface area contributed by atoms with Crippen LogP contribution in [0.1, 0.15) is 0 Å². The van der Waals surface area contributed by atoms with Crippen LogP contribution in [0.2, 0.25) is 5.02 Å². The topological polar surface area (TPSA) is 64.9 Å².